The molecule has 1 aromatic rings. The summed E-state index contributed by atoms with van der Waals surface area (Å²) in [7, 11) is 0. The van der Waals surface area contributed by atoms with E-state index in [9.17, 15) is 9.59 Å². The Kier molecular flexibility index (Phi) is 6.03. The quantitative estimate of drug-likeness (QED) is 0.829. The Morgan fingerprint density at radius 3 is 2.60 bits per heavy atom. The Morgan fingerprint density at radius 2 is 2.00 bits per heavy atom. The number of carbonyl (C=O) groups excluding carboxylic acids is 1. The van der Waals surface area contributed by atoms with Crippen LogP contribution in [0.25, 0.3) is 0 Å². The topological polar surface area (TPSA) is 66.8 Å². The normalized spacial score (nSPS) is 10.2. The molecule has 0 aliphatic heterocycles. The second-order valence-corrected chi connectivity index (χ2v) is 4.60. The van der Waals surface area contributed by atoms with E-state index >= 15 is 0 Å². The summed E-state index contributed by atoms with van der Waals surface area (Å²) in [6.45, 7) is 6.35. The van der Waals surface area contributed by atoms with Gasteiger partial charge in [-0.2, -0.15) is 0 Å². The van der Waals surface area contributed by atoms with Gasteiger partial charge in [-0.25, -0.2) is 0 Å². The Balaban J connectivity index is 2.56. The molecular formula is C15H21NO4. The fourth-order valence-electron chi connectivity index (χ4n) is 1.80. The smallest absolute Gasteiger partial charge is 0.305 e. The van der Waals surface area contributed by atoms with Gasteiger partial charge in [0.2, 0.25) is 0 Å². The molecule has 1 rings (SSSR count). The SMILES string of the molecule is CCN(CCC(=O)O)C(=O)COc1cccc(C)c1C. The van der Waals surface area contributed by atoms with Crippen molar-refractivity contribution in [3.8, 4) is 5.75 Å². The first-order valence-electron chi connectivity index (χ1n) is 6.64. The van der Waals surface area contributed by atoms with Crippen LogP contribution < -0.4 is 4.74 Å². The molecule has 1 amide bonds. The van der Waals surface area contributed by atoms with Gasteiger partial charge in [0.1, 0.15) is 5.75 Å². The Bertz CT molecular complexity index is 485. The number of nitrogens with zero attached hydrogens (tertiary/aromatic N) is 1. The molecule has 0 atom stereocenters. The molecule has 0 saturated carbocycles. The Labute approximate surface area is 119 Å². The van der Waals surface area contributed by atoms with E-state index in [-0.39, 0.29) is 25.5 Å². The van der Waals surface area contributed by atoms with Crippen molar-refractivity contribution in [2.24, 2.45) is 0 Å². The van der Waals surface area contributed by atoms with Crippen LogP contribution in [-0.2, 0) is 9.59 Å². The highest BCUT2D eigenvalue weighted by molar-refractivity contribution is 5.78. The van der Waals surface area contributed by atoms with E-state index in [2.05, 4.69) is 0 Å². The minimum atomic E-state index is -0.910. The molecular weight excluding hydrogens is 258 g/mol. The van der Waals surface area contributed by atoms with Gasteiger partial charge >= 0.3 is 5.97 Å². The van der Waals surface area contributed by atoms with Gasteiger partial charge in [0, 0.05) is 13.1 Å². The number of rotatable bonds is 7. The van der Waals surface area contributed by atoms with Gasteiger partial charge < -0.3 is 14.7 Å². The van der Waals surface area contributed by atoms with E-state index in [0.717, 1.165) is 11.1 Å². The van der Waals surface area contributed by atoms with E-state index in [1.807, 2.05) is 39.0 Å². The van der Waals surface area contributed by atoms with E-state index in [1.165, 1.54) is 4.90 Å². The second kappa shape index (κ2) is 7.53. The fourth-order valence-corrected chi connectivity index (χ4v) is 1.80. The molecule has 0 unspecified atom stereocenters. The van der Waals surface area contributed by atoms with Crippen LogP contribution in [0.2, 0.25) is 0 Å². The maximum Gasteiger partial charge on any atom is 0.305 e. The van der Waals surface area contributed by atoms with Crippen molar-refractivity contribution < 1.29 is 19.4 Å². The summed E-state index contributed by atoms with van der Waals surface area (Å²) >= 11 is 0. The van der Waals surface area contributed by atoms with Crippen LogP contribution in [0.4, 0.5) is 0 Å². The monoisotopic (exact) mass is 279 g/mol. The summed E-state index contributed by atoms with van der Waals surface area (Å²) in [6, 6.07) is 5.68. The van der Waals surface area contributed by atoms with Crippen molar-refractivity contribution >= 4 is 11.9 Å². The minimum absolute atomic E-state index is 0.0525. The van der Waals surface area contributed by atoms with Crippen LogP contribution >= 0.6 is 0 Å². The Hall–Kier alpha value is -2.04. The van der Waals surface area contributed by atoms with Crippen LogP contribution in [0, 0.1) is 13.8 Å². The number of aryl methyl sites for hydroxylation is 1. The van der Waals surface area contributed by atoms with Gasteiger partial charge in [0.05, 0.1) is 6.42 Å². The molecule has 0 fully saturated rings. The molecule has 0 aliphatic rings. The molecule has 0 bridgehead atoms. The van der Waals surface area contributed by atoms with Gasteiger partial charge in [-0.05, 0) is 38.0 Å². The van der Waals surface area contributed by atoms with E-state index < -0.39 is 5.97 Å². The van der Waals surface area contributed by atoms with Crippen LogP contribution in [0.1, 0.15) is 24.5 Å². The highest BCUT2D eigenvalue weighted by atomic mass is 16.5. The molecule has 1 aromatic carbocycles. The molecule has 110 valence electrons. The molecule has 5 heteroatoms. The second-order valence-electron chi connectivity index (χ2n) is 4.60. The number of hydrogen-bond acceptors (Lipinski definition) is 3. The predicted molar refractivity (Wildman–Crippen MR) is 75.9 cm³/mol. The number of carboxylic acids is 1. The zero-order valence-corrected chi connectivity index (χ0v) is 12.2. The Morgan fingerprint density at radius 1 is 1.30 bits per heavy atom. The summed E-state index contributed by atoms with van der Waals surface area (Å²) < 4.78 is 5.53. The summed E-state index contributed by atoms with van der Waals surface area (Å²) in [5.74, 6) is -0.422. The third-order valence-electron chi connectivity index (χ3n) is 3.24. The number of ether oxygens (including phenoxy) is 1. The maximum atomic E-state index is 12.0. The largest absolute Gasteiger partial charge is 0.483 e. The standard InChI is InChI=1S/C15H21NO4/c1-4-16(9-8-15(18)19)14(17)10-20-13-7-5-6-11(2)12(13)3/h5-7H,4,8-10H2,1-3H3,(H,18,19). The zero-order valence-electron chi connectivity index (χ0n) is 12.2. The first-order valence-corrected chi connectivity index (χ1v) is 6.64. The van der Waals surface area contributed by atoms with Crippen molar-refractivity contribution in [3.63, 3.8) is 0 Å². The van der Waals surface area contributed by atoms with Crippen LogP contribution in [0.5, 0.6) is 5.75 Å². The fraction of sp³-hybridized carbons (Fsp3) is 0.467. The van der Waals surface area contributed by atoms with Gasteiger partial charge in [-0.3, -0.25) is 9.59 Å². The first-order chi connectivity index (χ1) is 9.45. The predicted octanol–water partition coefficient (Wildman–Crippen LogP) is 2.01. The van der Waals surface area contributed by atoms with Gasteiger partial charge in [-0.1, -0.05) is 12.1 Å². The number of carboxylic acid groups (broad SMARTS) is 1. The summed E-state index contributed by atoms with van der Waals surface area (Å²) in [5.41, 5.74) is 2.11. The van der Waals surface area contributed by atoms with Crippen molar-refractivity contribution in [2.45, 2.75) is 27.2 Å². The highest BCUT2D eigenvalue weighted by Crippen LogP contribution is 2.20. The van der Waals surface area contributed by atoms with Gasteiger partial charge in [0.15, 0.2) is 6.61 Å². The van der Waals surface area contributed by atoms with Gasteiger partial charge in [0.25, 0.3) is 5.91 Å². The number of likely N-dealkylation sites (N-methyl/N-ethyl adjacent to an activating group) is 1. The third kappa shape index (κ3) is 4.57. The number of carbonyl (C=O) groups is 2. The van der Waals surface area contributed by atoms with Crippen LogP contribution in [0.3, 0.4) is 0 Å². The summed E-state index contributed by atoms with van der Waals surface area (Å²) in [4.78, 5) is 24.0. The molecule has 0 radical (unpaired) electrons. The molecule has 20 heavy (non-hydrogen) atoms. The van der Waals surface area contributed by atoms with E-state index in [1.54, 1.807) is 0 Å². The molecule has 0 aromatic heterocycles. The lowest BCUT2D eigenvalue weighted by Crippen LogP contribution is -2.36. The van der Waals surface area contributed by atoms with E-state index in [4.69, 9.17) is 9.84 Å². The van der Waals surface area contributed by atoms with Crippen molar-refractivity contribution in [3.05, 3.63) is 29.3 Å². The molecule has 0 spiro atoms. The zero-order chi connectivity index (χ0) is 15.1. The van der Waals surface area contributed by atoms with Crippen molar-refractivity contribution in [2.75, 3.05) is 19.7 Å². The number of hydrogen-bond donors (Lipinski definition) is 1. The number of aliphatic carboxylic acids is 1. The summed E-state index contributed by atoms with van der Waals surface area (Å²) in [6.07, 6.45) is -0.0525. The van der Waals surface area contributed by atoms with Crippen LogP contribution in [-0.4, -0.2) is 41.6 Å². The third-order valence-corrected chi connectivity index (χ3v) is 3.24. The van der Waals surface area contributed by atoms with Crippen LogP contribution in [0.15, 0.2) is 18.2 Å². The number of benzene rings is 1. The lowest BCUT2D eigenvalue weighted by Gasteiger charge is -2.20. The molecule has 1 N–H and O–H groups in total. The molecule has 5 nitrogen and oxygen atoms in total. The maximum absolute atomic E-state index is 12.0. The highest BCUT2D eigenvalue weighted by Gasteiger charge is 2.14. The van der Waals surface area contributed by atoms with Crippen molar-refractivity contribution in [1.82, 2.24) is 4.90 Å². The lowest BCUT2D eigenvalue weighted by atomic mass is 10.1. The lowest BCUT2D eigenvalue weighted by molar-refractivity contribution is -0.139. The van der Waals surface area contributed by atoms with Crippen molar-refractivity contribution in [1.29, 1.82) is 0 Å². The van der Waals surface area contributed by atoms with Gasteiger partial charge in [-0.15, -0.1) is 0 Å². The molecule has 0 saturated heterocycles. The molecule has 0 aliphatic carbocycles. The first kappa shape index (κ1) is 16.0. The molecule has 0 heterocycles. The van der Waals surface area contributed by atoms with E-state index in [0.29, 0.717) is 12.3 Å². The average Bonchev–Trinajstić information content (AvgIpc) is 2.40. The average molecular weight is 279 g/mol. The minimum Gasteiger partial charge on any atom is -0.483 e. The summed E-state index contributed by atoms with van der Waals surface area (Å²) in [5, 5.41) is 8.65. The number of amides is 1.